The number of halogens is 6. The highest BCUT2D eigenvalue weighted by Crippen LogP contribution is 2.37. The first-order chi connectivity index (χ1) is 14.8. The van der Waals surface area contributed by atoms with E-state index in [1.54, 1.807) is 0 Å². The predicted octanol–water partition coefficient (Wildman–Crippen LogP) is 5.98. The van der Waals surface area contributed by atoms with Crippen LogP contribution in [0.4, 0.5) is 32.0 Å². The molecule has 0 saturated heterocycles. The van der Waals surface area contributed by atoms with Gasteiger partial charge in [0.25, 0.3) is 9.84 Å². The van der Waals surface area contributed by atoms with Crippen molar-refractivity contribution in [1.82, 2.24) is 0 Å². The number of hydrogen-bond donors (Lipinski definition) is 1. The van der Waals surface area contributed by atoms with Gasteiger partial charge in [-0.3, -0.25) is 10.1 Å². The lowest BCUT2D eigenvalue weighted by Crippen LogP contribution is -2.16. The van der Waals surface area contributed by atoms with E-state index in [1.807, 2.05) is 26.1 Å². The van der Waals surface area contributed by atoms with Crippen molar-refractivity contribution in [3.8, 4) is 0 Å². The third kappa shape index (κ3) is 6.24. The zero-order valence-corrected chi connectivity index (χ0v) is 18.2. The molecule has 0 amide bonds. The fraction of sp³-hybridized carbons (Fsp3) is 0.300. The minimum Gasteiger partial charge on any atom is -0.355 e. The van der Waals surface area contributed by atoms with Crippen molar-refractivity contribution in [2.75, 3.05) is 5.32 Å². The minimum atomic E-state index is -5.14. The van der Waals surface area contributed by atoms with Crippen LogP contribution in [-0.4, -0.2) is 13.3 Å². The van der Waals surface area contributed by atoms with Gasteiger partial charge in [-0.2, -0.15) is 26.3 Å². The normalized spacial score (nSPS) is 13.7. The standard InChI is InChI=1S/C20H18F6N2O4S/c1-18(2,3)12-4-6-16(7-5-12)33(31,32)17(28(29)30)11-27-15-9-13(19(21,22)23)8-14(10-15)20(24,25)26/h4-11,27H,1-3H3. The van der Waals surface area contributed by atoms with Crippen LogP contribution in [0.3, 0.4) is 0 Å². The fourth-order valence-corrected chi connectivity index (χ4v) is 3.81. The quantitative estimate of drug-likeness (QED) is 0.312. The summed E-state index contributed by atoms with van der Waals surface area (Å²) in [4.78, 5) is 9.60. The molecule has 0 aliphatic carbocycles. The number of rotatable bonds is 5. The highest BCUT2D eigenvalue weighted by molar-refractivity contribution is 7.95. The summed E-state index contributed by atoms with van der Waals surface area (Å²) in [7, 11) is -4.75. The molecule has 0 atom stereocenters. The maximum absolute atomic E-state index is 13.0. The Morgan fingerprint density at radius 1 is 0.879 bits per heavy atom. The lowest BCUT2D eigenvalue weighted by atomic mass is 9.87. The molecule has 2 aromatic rings. The van der Waals surface area contributed by atoms with Gasteiger partial charge in [0.05, 0.1) is 27.1 Å². The van der Waals surface area contributed by atoms with Crippen LogP contribution < -0.4 is 5.32 Å². The van der Waals surface area contributed by atoms with E-state index in [-0.39, 0.29) is 29.8 Å². The lowest BCUT2D eigenvalue weighted by Gasteiger charge is -2.18. The van der Waals surface area contributed by atoms with Crippen molar-refractivity contribution in [2.24, 2.45) is 0 Å². The maximum Gasteiger partial charge on any atom is 0.416 e. The van der Waals surface area contributed by atoms with E-state index < -0.39 is 53.9 Å². The molecule has 6 nitrogen and oxygen atoms in total. The van der Waals surface area contributed by atoms with Gasteiger partial charge < -0.3 is 5.32 Å². The second-order valence-electron chi connectivity index (χ2n) is 7.96. The monoisotopic (exact) mass is 496 g/mol. The smallest absolute Gasteiger partial charge is 0.355 e. The number of benzene rings is 2. The molecule has 0 saturated carbocycles. The first kappa shape index (κ1) is 26.2. The summed E-state index contributed by atoms with van der Waals surface area (Å²) in [6, 6.07) is 5.55. The van der Waals surface area contributed by atoms with Gasteiger partial charge in [-0.25, -0.2) is 8.42 Å². The lowest BCUT2D eigenvalue weighted by molar-refractivity contribution is -0.411. The molecule has 0 aliphatic rings. The van der Waals surface area contributed by atoms with Crippen LogP contribution in [0, 0.1) is 10.1 Å². The zero-order chi connectivity index (χ0) is 25.4. The predicted molar refractivity (Wildman–Crippen MR) is 107 cm³/mol. The van der Waals surface area contributed by atoms with E-state index in [0.717, 1.165) is 17.7 Å². The Morgan fingerprint density at radius 2 is 1.33 bits per heavy atom. The Morgan fingerprint density at radius 3 is 1.70 bits per heavy atom. The van der Waals surface area contributed by atoms with Crippen LogP contribution >= 0.6 is 0 Å². The van der Waals surface area contributed by atoms with Gasteiger partial charge in [0.2, 0.25) is 0 Å². The zero-order valence-electron chi connectivity index (χ0n) is 17.4. The molecule has 0 fully saturated rings. The Hall–Kier alpha value is -3.09. The average molecular weight is 496 g/mol. The van der Waals surface area contributed by atoms with Crippen LogP contribution in [0.5, 0.6) is 0 Å². The highest BCUT2D eigenvalue weighted by atomic mass is 32.2. The first-order valence-electron chi connectivity index (χ1n) is 9.09. The number of alkyl halides is 6. The number of anilines is 1. The molecule has 0 heterocycles. The molecule has 0 aromatic heterocycles. The summed E-state index contributed by atoms with van der Waals surface area (Å²) in [6.45, 7) is 5.56. The molecule has 0 radical (unpaired) electrons. The van der Waals surface area contributed by atoms with Crippen molar-refractivity contribution in [3.05, 3.63) is 80.5 Å². The first-order valence-corrected chi connectivity index (χ1v) is 10.6. The number of nitrogens with one attached hydrogen (secondary N) is 1. The molecule has 33 heavy (non-hydrogen) atoms. The number of hydrogen-bond acceptors (Lipinski definition) is 5. The van der Waals surface area contributed by atoms with Crippen molar-refractivity contribution in [1.29, 1.82) is 0 Å². The Kier molecular flexibility index (Phi) is 6.89. The number of sulfone groups is 1. The van der Waals surface area contributed by atoms with Gasteiger partial charge in [-0.15, -0.1) is 0 Å². The molecule has 0 spiro atoms. The molecule has 13 heteroatoms. The number of nitro groups is 1. The summed E-state index contributed by atoms with van der Waals surface area (Å²) in [5.74, 6) is 0. The summed E-state index contributed by atoms with van der Waals surface area (Å²) in [5.41, 5.74) is -3.79. The molecular weight excluding hydrogens is 478 g/mol. The van der Waals surface area contributed by atoms with E-state index in [0.29, 0.717) is 0 Å². The SMILES string of the molecule is CC(C)(C)c1ccc(S(=O)(=O)C(=CNc2cc(C(F)(F)F)cc(C(F)(F)F)c2)[N+](=O)[O-])cc1. The second-order valence-corrected chi connectivity index (χ2v) is 9.85. The molecule has 1 N–H and O–H groups in total. The van der Waals surface area contributed by atoms with Crippen LogP contribution in [0.25, 0.3) is 0 Å². The van der Waals surface area contributed by atoms with Crippen LogP contribution in [0.1, 0.15) is 37.5 Å². The van der Waals surface area contributed by atoms with E-state index in [1.165, 1.54) is 12.1 Å². The maximum atomic E-state index is 13.0. The Balaban J connectivity index is 2.52. The van der Waals surface area contributed by atoms with Gasteiger partial charge in [0.1, 0.15) is 0 Å². The van der Waals surface area contributed by atoms with Gasteiger partial charge in [-0.05, 0) is 41.3 Å². The largest absolute Gasteiger partial charge is 0.416 e. The summed E-state index contributed by atoms with van der Waals surface area (Å²) in [5, 5.41) is 11.8. The van der Waals surface area contributed by atoms with Gasteiger partial charge in [0, 0.05) is 5.69 Å². The topological polar surface area (TPSA) is 89.3 Å². The number of nitrogens with zero attached hydrogens (tertiary/aromatic N) is 1. The van der Waals surface area contributed by atoms with Crippen molar-refractivity contribution in [3.63, 3.8) is 0 Å². The summed E-state index contributed by atoms with van der Waals surface area (Å²) >= 11 is 0. The van der Waals surface area contributed by atoms with Crippen LogP contribution in [0.2, 0.25) is 0 Å². The molecule has 0 aliphatic heterocycles. The van der Waals surface area contributed by atoms with E-state index in [2.05, 4.69) is 0 Å². The average Bonchev–Trinajstić information content (AvgIpc) is 2.65. The minimum absolute atomic E-state index is 0.128. The second kappa shape index (κ2) is 8.69. The van der Waals surface area contributed by atoms with Gasteiger partial charge in [-0.1, -0.05) is 32.9 Å². The third-order valence-corrected chi connectivity index (χ3v) is 6.15. The molecule has 0 unspecified atom stereocenters. The van der Waals surface area contributed by atoms with E-state index in [9.17, 15) is 44.9 Å². The molecule has 180 valence electrons. The molecule has 0 bridgehead atoms. The highest BCUT2D eigenvalue weighted by Gasteiger charge is 2.37. The molecular formula is C20H18F6N2O4S. The van der Waals surface area contributed by atoms with Crippen LogP contribution in [0.15, 0.2) is 58.6 Å². The van der Waals surface area contributed by atoms with Crippen molar-refractivity contribution < 1.29 is 39.7 Å². The van der Waals surface area contributed by atoms with E-state index in [4.69, 9.17) is 0 Å². The van der Waals surface area contributed by atoms with Crippen molar-refractivity contribution in [2.45, 2.75) is 43.4 Å². The van der Waals surface area contributed by atoms with Gasteiger partial charge in [0.15, 0.2) is 0 Å². The molecule has 2 rings (SSSR count). The van der Waals surface area contributed by atoms with Crippen LogP contribution in [-0.2, 0) is 27.6 Å². The van der Waals surface area contributed by atoms with Crippen molar-refractivity contribution >= 4 is 15.5 Å². The van der Waals surface area contributed by atoms with E-state index >= 15 is 0 Å². The summed E-state index contributed by atoms with van der Waals surface area (Å²) in [6.07, 6.45) is -10.1. The summed E-state index contributed by atoms with van der Waals surface area (Å²) < 4.78 is 103. The Labute approximate surface area is 185 Å². The third-order valence-electron chi connectivity index (χ3n) is 4.44. The fourth-order valence-electron chi connectivity index (χ4n) is 2.67. The molecule has 2 aromatic carbocycles. The Bertz CT molecular complexity index is 1150. The van der Waals surface area contributed by atoms with Gasteiger partial charge >= 0.3 is 17.4 Å².